The number of hydrogen-bond acceptors (Lipinski definition) is 3. The van der Waals surface area contributed by atoms with Crippen molar-refractivity contribution in [2.45, 2.75) is 58.1 Å². The highest BCUT2D eigenvalue weighted by atomic mass is 16.5. The number of ether oxygens (including phenoxy) is 1. The molecule has 2 amide bonds. The van der Waals surface area contributed by atoms with Crippen LogP contribution in [0.3, 0.4) is 0 Å². The molecular weight excluding hydrogens is 272 g/mol. The van der Waals surface area contributed by atoms with Crippen LogP contribution in [-0.2, 0) is 9.53 Å². The molecule has 2 heterocycles. The summed E-state index contributed by atoms with van der Waals surface area (Å²) in [5.41, 5.74) is -0.779. The largest absolute Gasteiger partial charge is 0.481 e. The van der Waals surface area contributed by atoms with E-state index in [1.54, 1.807) is 4.90 Å². The van der Waals surface area contributed by atoms with Crippen molar-refractivity contribution in [3.63, 3.8) is 0 Å². The number of likely N-dealkylation sites (tertiary alicyclic amines) is 1. The number of nitrogens with one attached hydrogen (secondary N) is 1. The van der Waals surface area contributed by atoms with Gasteiger partial charge in [0.15, 0.2) is 0 Å². The predicted octanol–water partition coefficient (Wildman–Crippen LogP) is 1.84. The van der Waals surface area contributed by atoms with Gasteiger partial charge in [0.2, 0.25) is 0 Å². The fraction of sp³-hybridized carbons (Fsp3) is 0.867. The molecule has 0 spiro atoms. The molecule has 21 heavy (non-hydrogen) atoms. The molecule has 6 nitrogen and oxygen atoms in total. The van der Waals surface area contributed by atoms with Crippen molar-refractivity contribution in [1.82, 2.24) is 10.2 Å². The van der Waals surface area contributed by atoms with Gasteiger partial charge >= 0.3 is 12.0 Å². The summed E-state index contributed by atoms with van der Waals surface area (Å²) in [6, 6.07) is -0.00286. The third-order valence-electron chi connectivity index (χ3n) is 4.81. The number of amides is 2. The summed E-state index contributed by atoms with van der Waals surface area (Å²) in [6.45, 7) is 5.50. The third-order valence-corrected chi connectivity index (χ3v) is 4.81. The van der Waals surface area contributed by atoms with Crippen LogP contribution in [0.15, 0.2) is 0 Å². The molecule has 0 aromatic carbocycles. The number of aliphatic carboxylic acids is 1. The van der Waals surface area contributed by atoms with Crippen molar-refractivity contribution < 1.29 is 19.4 Å². The van der Waals surface area contributed by atoms with Crippen LogP contribution in [0.25, 0.3) is 0 Å². The van der Waals surface area contributed by atoms with Crippen LogP contribution < -0.4 is 5.32 Å². The normalized spacial score (nSPS) is 33.5. The molecule has 2 rings (SSSR count). The van der Waals surface area contributed by atoms with Crippen LogP contribution >= 0.6 is 0 Å². The van der Waals surface area contributed by atoms with Crippen LogP contribution in [0.4, 0.5) is 4.79 Å². The van der Waals surface area contributed by atoms with Gasteiger partial charge in [-0.1, -0.05) is 6.92 Å². The first kappa shape index (κ1) is 16.1. The zero-order valence-corrected chi connectivity index (χ0v) is 12.9. The summed E-state index contributed by atoms with van der Waals surface area (Å²) in [6.07, 6.45) is 3.76. The lowest BCUT2D eigenvalue weighted by atomic mass is 9.78. The molecule has 0 saturated carbocycles. The molecule has 3 atom stereocenters. The van der Waals surface area contributed by atoms with Crippen molar-refractivity contribution in [2.24, 2.45) is 5.41 Å². The van der Waals surface area contributed by atoms with E-state index in [1.807, 2.05) is 13.8 Å². The minimum Gasteiger partial charge on any atom is -0.481 e. The van der Waals surface area contributed by atoms with Gasteiger partial charge in [-0.25, -0.2) is 4.79 Å². The Bertz CT molecular complexity index is 401. The minimum atomic E-state index is -0.790. The summed E-state index contributed by atoms with van der Waals surface area (Å²) in [5.74, 6) is -0.790. The molecule has 6 heteroatoms. The van der Waals surface area contributed by atoms with Crippen molar-refractivity contribution in [3.05, 3.63) is 0 Å². The van der Waals surface area contributed by atoms with Gasteiger partial charge in [0, 0.05) is 25.7 Å². The molecule has 0 aromatic rings. The molecule has 0 aliphatic carbocycles. The second-order valence-electron chi connectivity index (χ2n) is 6.32. The lowest BCUT2D eigenvalue weighted by Gasteiger charge is -2.40. The van der Waals surface area contributed by atoms with Crippen molar-refractivity contribution in [2.75, 3.05) is 19.7 Å². The first-order valence-corrected chi connectivity index (χ1v) is 7.87. The average Bonchev–Trinajstić information content (AvgIpc) is 2.47. The first-order chi connectivity index (χ1) is 9.97. The monoisotopic (exact) mass is 298 g/mol. The van der Waals surface area contributed by atoms with Crippen molar-refractivity contribution in [3.8, 4) is 0 Å². The molecule has 3 unspecified atom stereocenters. The maximum atomic E-state index is 12.4. The Morgan fingerprint density at radius 3 is 2.86 bits per heavy atom. The first-order valence-electron chi connectivity index (χ1n) is 7.87. The fourth-order valence-corrected chi connectivity index (χ4v) is 3.31. The molecule has 0 aromatic heterocycles. The Morgan fingerprint density at radius 2 is 2.24 bits per heavy atom. The Balaban J connectivity index is 1.94. The van der Waals surface area contributed by atoms with Gasteiger partial charge < -0.3 is 20.1 Å². The lowest BCUT2D eigenvalue weighted by Crippen LogP contribution is -2.54. The van der Waals surface area contributed by atoms with Gasteiger partial charge in [-0.2, -0.15) is 0 Å². The van der Waals surface area contributed by atoms with E-state index in [0.717, 1.165) is 19.3 Å². The summed E-state index contributed by atoms with van der Waals surface area (Å²) in [5, 5.41) is 12.5. The Morgan fingerprint density at radius 1 is 1.48 bits per heavy atom. The molecule has 2 aliphatic rings. The van der Waals surface area contributed by atoms with Crippen LogP contribution in [0.2, 0.25) is 0 Å². The van der Waals surface area contributed by atoms with E-state index < -0.39 is 11.4 Å². The summed E-state index contributed by atoms with van der Waals surface area (Å²) in [7, 11) is 0. The maximum absolute atomic E-state index is 12.4. The predicted molar refractivity (Wildman–Crippen MR) is 78.1 cm³/mol. The highest BCUT2D eigenvalue weighted by Gasteiger charge is 2.42. The topological polar surface area (TPSA) is 78.9 Å². The Labute approximate surface area is 125 Å². The second kappa shape index (κ2) is 6.64. The lowest BCUT2D eigenvalue weighted by molar-refractivity contribution is -0.152. The number of hydrogen-bond donors (Lipinski definition) is 2. The number of rotatable bonds is 3. The van der Waals surface area contributed by atoms with Gasteiger partial charge in [-0.15, -0.1) is 0 Å². The highest BCUT2D eigenvalue weighted by molar-refractivity contribution is 5.79. The van der Waals surface area contributed by atoms with Crippen LogP contribution in [0, 0.1) is 5.41 Å². The van der Waals surface area contributed by atoms with E-state index in [-0.39, 0.29) is 18.2 Å². The second-order valence-corrected chi connectivity index (χ2v) is 6.32. The van der Waals surface area contributed by atoms with E-state index in [0.29, 0.717) is 32.5 Å². The van der Waals surface area contributed by atoms with E-state index in [4.69, 9.17) is 4.74 Å². The standard InChI is InChI=1S/C15H26N2O4/c1-3-15(13(18)19)6-4-7-17(10-15)14(20)16-12-5-8-21-11(2)9-12/h11-12H,3-10H2,1-2H3,(H,16,20)(H,18,19). The summed E-state index contributed by atoms with van der Waals surface area (Å²) >= 11 is 0. The van der Waals surface area contributed by atoms with Gasteiger partial charge in [0.05, 0.1) is 11.5 Å². The van der Waals surface area contributed by atoms with Gasteiger partial charge in [-0.3, -0.25) is 4.79 Å². The molecule has 2 aliphatic heterocycles. The smallest absolute Gasteiger partial charge is 0.317 e. The minimum absolute atomic E-state index is 0.129. The molecule has 120 valence electrons. The van der Waals surface area contributed by atoms with Crippen LogP contribution in [-0.4, -0.2) is 53.8 Å². The number of nitrogens with zero attached hydrogens (tertiary/aromatic N) is 1. The molecule has 2 fully saturated rings. The number of carbonyl (C=O) groups excluding carboxylic acids is 1. The van der Waals surface area contributed by atoms with Crippen molar-refractivity contribution in [1.29, 1.82) is 0 Å². The quantitative estimate of drug-likeness (QED) is 0.833. The highest BCUT2D eigenvalue weighted by Crippen LogP contribution is 2.33. The van der Waals surface area contributed by atoms with E-state index in [2.05, 4.69) is 5.32 Å². The SMILES string of the molecule is CCC1(C(=O)O)CCCN(C(=O)NC2CCOC(C)C2)C1. The number of carboxylic acid groups (broad SMARTS) is 1. The van der Waals surface area contributed by atoms with E-state index in [9.17, 15) is 14.7 Å². The fourth-order valence-electron chi connectivity index (χ4n) is 3.31. The molecular formula is C15H26N2O4. The number of piperidine rings is 1. The van der Waals surface area contributed by atoms with Crippen LogP contribution in [0.1, 0.15) is 46.0 Å². The maximum Gasteiger partial charge on any atom is 0.317 e. The molecule has 0 radical (unpaired) electrons. The van der Waals surface area contributed by atoms with Crippen molar-refractivity contribution >= 4 is 12.0 Å². The summed E-state index contributed by atoms with van der Waals surface area (Å²) in [4.78, 5) is 25.6. The van der Waals surface area contributed by atoms with Gasteiger partial charge in [0.25, 0.3) is 0 Å². The van der Waals surface area contributed by atoms with Gasteiger partial charge in [-0.05, 0) is 39.0 Å². The molecule has 2 saturated heterocycles. The van der Waals surface area contributed by atoms with E-state index >= 15 is 0 Å². The number of urea groups is 1. The number of carboxylic acids is 1. The zero-order valence-electron chi connectivity index (χ0n) is 12.9. The average molecular weight is 298 g/mol. The third kappa shape index (κ3) is 3.67. The van der Waals surface area contributed by atoms with Crippen LogP contribution in [0.5, 0.6) is 0 Å². The molecule has 0 bridgehead atoms. The zero-order chi connectivity index (χ0) is 15.5. The van der Waals surface area contributed by atoms with Gasteiger partial charge in [0.1, 0.15) is 0 Å². The van der Waals surface area contributed by atoms with E-state index in [1.165, 1.54) is 0 Å². The molecule has 2 N–H and O–H groups in total. The number of carbonyl (C=O) groups is 2. The Kier molecular flexibility index (Phi) is 5.08. The summed E-state index contributed by atoms with van der Waals surface area (Å²) < 4.78 is 5.47. The Hall–Kier alpha value is -1.30.